The molecule has 37 heavy (non-hydrogen) atoms. The lowest BCUT2D eigenvalue weighted by Crippen LogP contribution is -2.40. The van der Waals surface area contributed by atoms with Gasteiger partial charge in [-0.3, -0.25) is 4.79 Å². The number of carboxylic acid groups (broad SMARTS) is 1. The molecular weight excluding hydrogens is 503 g/mol. The molecule has 0 aliphatic carbocycles. The van der Waals surface area contributed by atoms with E-state index in [4.69, 9.17) is 15.6 Å². The van der Waals surface area contributed by atoms with E-state index in [-0.39, 0.29) is 34.5 Å². The van der Waals surface area contributed by atoms with E-state index in [9.17, 15) is 32.7 Å². The van der Waals surface area contributed by atoms with E-state index in [0.29, 0.717) is 0 Å². The molecule has 1 amide bonds. The summed E-state index contributed by atoms with van der Waals surface area (Å²) < 4.78 is 47.4. The zero-order valence-electron chi connectivity index (χ0n) is 18.8. The van der Waals surface area contributed by atoms with Crippen LogP contribution in [0.3, 0.4) is 0 Å². The number of nitrogens with two attached hydrogens (primary N) is 1. The van der Waals surface area contributed by atoms with Crippen molar-refractivity contribution in [1.82, 2.24) is 20.1 Å². The number of carbonyl (C=O) groups excluding carboxylic acids is 2. The highest BCUT2D eigenvalue weighted by Gasteiger charge is 2.31. The number of ether oxygens (including phenoxy) is 2. The second kappa shape index (κ2) is 11.0. The van der Waals surface area contributed by atoms with Crippen molar-refractivity contribution in [1.29, 1.82) is 0 Å². The Hall–Kier alpha value is -4.50. The normalized spacial score (nSPS) is 13.0. The zero-order valence-corrected chi connectivity index (χ0v) is 18.8. The van der Waals surface area contributed by atoms with Crippen LogP contribution in [0, 0.1) is 0 Å². The van der Waals surface area contributed by atoms with Crippen molar-refractivity contribution >= 4 is 28.9 Å². The topological polar surface area (TPSA) is 179 Å². The van der Waals surface area contributed by atoms with Crippen molar-refractivity contribution in [3.8, 4) is 11.4 Å². The molecular formula is C22H20F3N5O7. The van der Waals surface area contributed by atoms with Gasteiger partial charge in [-0.25, -0.2) is 19.3 Å². The smallest absolute Gasteiger partial charge is 0.480 e. The molecule has 2 atom stereocenters. The van der Waals surface area contributed by atoms with E-state index in [1.54, 1.807) is 0 Å². The fourth-order valence-electron chi connectivity index (χ4n) is 3.19. The van der Waals surface area contributed by atoms with Crippen molar-refractivity contribution in [2.45, 2.75) is 25.1 Å². The fourth-order valence-corrected chi connectivity index (χ4v) is 3.19. The molecule has 1 aromatic carbocycles. The zero-order chi connectivity index (χ0) is 27.3. The minimum Gasteiger partial charge on any atom is -0.480 e. The summed E-state index contributed by atoms with van der Waals surface area (Å²) in [5, 5.41) is 26.7. The number of halogens is 3. The number of alkyl halides is 3. The van der Waals surface area contributed by atoms with Gasteiger partial charge in [0, 0.05) is 6.20 Å². The SMILES string of the molecule is C=CC(=O)NCc1nn(-c2ccc(OC(F)(F)F)cc2)c2nccc([C@H](O)COC(=O)[C@@H](N)C(=O)O)c12. The molecule has 0 aliphatic heterocycles. The van der Waals surface area contributed by atoms with Crippen LogP contribution in [-0.4, -0.2) is 61.8 Å². The van der Waals surface area contributed by atoms with Gasteiger partial charge in [-0.15, -0.1) is 13.2 Å². The second-order valence-electron chi connectivity index (χ2n) is 7.38. The molecule has 15 heteroatoms. The number of carboxylic acids is 1. The number of esters is 1. The van der Waals surface area contributed by atoms with Crippen LogP contribution < -0.4 is 15.8 Å². The fraction of sp³-hybridized carbons (Fsp3) is 0.227. The number of amides is 1. The Morgan fingerprint density at radius 2 is 1.89 bits per heavy atom. The predicted molar refractivity (Wildman–Crippen MR) is 119 cm³/mol. The van der Waals surface area contributed by atoms with Gasteiger partial charge in [0.1, 0.15) is 18.5 Å². The Labute approximate surface area is 206 Å². The number of carbonyl (C=O) groups is 3. The quantitative estimate of drug-likeness (QED) is 0.171. The summed E-state index contributed by atoms with van der Waals surface area (Å²) in [6.07, 6.45) is -4.03. The van der Waals surface area contributed by atoms with Crippen LogP contribution in [0.5, 0.6) is 5.75 Å². The highest BCUT2D eigenvalue weighted by atomic mass is 19.4. The maximum absolute atomic E-state index is 12.5. The molecule has 5 N–H and O–H groups in total. The standard InChI is InChI=1S/C22H20F3N5O7/c1-2-16(32)28-9-14-17-13(15(31)10-36-21(35)18(26)20(33)34)7-8-27-19(17)30(29-14)11-3-5-12(6-4-11)37-22(23,24)25/h2-8,15,18,31H,1,9-10,26H2,(H,28,32)(H,33,34)/t15-,18+/m1/s1. The van der Waals surface area contributed by atoms with Gasteiger partial charge >= 0.3 is 18.3 Å². The van der Waals surface area contributed by atoms with Crippen LogP contribution in [0.2, 0.25) is 0 Å². The summed E-state index contributed by atoms with van der Waals surface area (Å²) in [5.74, 6) is -3.87. The van der Waals surface area contributed by atoms with Gasteiger partial charge in [-0.2, -0.15) is 5.10 Å². The first-order valence-corrected chi connectivity index (χ1v) is 10.4. The molecule has 0 radical (unpaired) electrons. The molecule has 0 fully saturated rings. The number of aliphatic hydroxyl groups is 1. The van der Waals surface area contributed by atoms with Crippen molar-refractivity contribution < 1.29 is 47.2 Å². The molecule has 2 heterocycles. The number of nitrogens with one attached hydrogen (secondary N) is 1. The monoisotopic (exact) mass is 523 g/mol. The maximum Gasteiger partial charge on any atom is 0.573 e. The number of hydrogen-bond donors (Lipinski definition) is 4. The average Bonchev–Trinajstić information content (AvgIpc) is 3.23. The lowest BCUT2D eigenvalue weighted by molar-refractivity contribution is -0.274. The Balaban J connectivity index is 2.00. The minimum atomic E-state index is -4.87. The number of fused-ring (bicyclic) bond motifs is 1. The lowest BCUT2D eigenvalue weighted by atomic mass is 10.1. The third kappa shape index (κ3) is 6.59. The van der Waals surface area contributed by atoms with Crippen LogP contribution in [0.1, 0.15) is 17.4 Å². The minimum absolute atomic E-state index is 0.150. The Kier molecular flexibility index (Phi) is 8.09. The number of aliphatic hydroxyl groups excluding tert-OH is 1. The van der Waals surface area contributed by atoms with Crippen molar-refractivity contribution in [3.63, 3.8) is 0 Å². The highest BCUT2D eigenvalue weighted by molar-refractivity contribution is 5.98. The molecule has 0 spiro atoms. The van der Waals surface area contributed by atoms with Crippen molar-refractivity contribution in [2.75, 3.05) is 6.61 Å². The molecule has 0 saturated heterocycles. The molecule has 2 aromatic heterocycles. The van der Waals surface area contributed by atoms with Gasteiger partial charge in [-0.05, 0) is 42.0 Å². The molecule has 0 unspecified atom stereocenters. The number of pyridine rings is 1. The van der Waals surface area contributed by atoms with E-state index in [1.807, 2.05) is 0 Å². The molecule has 196 valence electrons. The van der Waals surface area contributed by atoms with E-state index >= 15 is 0 Å². The van der Waals surface area contributed by atoms with Gasteiger partial charge < -0.3 is 30.7 Å². The van der Waals surface area contributed by atoms with Gasteiger partial charge in [-0.1, -0.05) is 6.58 Å². The van der Waals surface area contributed by atoms with Gasteiger partial charge in [0.15, 0.2) is 5.65 Å². The van der Waals surface area contributed by atoms with Gasteiger partial charge in [0.25, 0.3) is 0 Å². The molecule has 3 rings (SSSR count). The second-order valence-corrected chi connectivity index (χ2v) is 7.38. The first-order valence-electron chi connectivity index (χ1n) is 10.4. The van der Waals surface area contributed by atoms with E-state index < -0.39 is 48.7 Å². The third-order valence-electron chi connectivity index (χ3n) is 4.87. The predicted octanol–water partition coefficient (Wildman–Crippen LogP) is 1.11. The Morgan fingerprint density at radius 3 is 2.49 bits per heavy atom. The molecule has 0 saturated carbocycles. The molecule has 0 bridgehead atoms. The molecule has 3 aromatic rings. The number of hydrogen-bond acceptors (Lipinski definition) is 9. The summed E-state index contributed by atoms with van der Waals surface area (Å²) in [6, 6.07) is 4.17. The summed E-state index contributed by atoms with van der Waals surface area (Å²) in [7, 11) is 0. The Bertz CT molecular complexity index is 1320. The van der Waals surface area contributed by atoms with Crippen LogP contribution in [-0.2, 0) is 25.7 Å². The van der Waals surface area contributed by atoms with Crippen molar-refractivity contribution in [2.24, 2.45) is 5.73 Å². The molecule has 12 nitrogen and oxygen atoms in total. The maximum atomic E-state index is 12.5. The number of nitrogens with zero attached hydrogens (tertiary/aromatic N) is 3. The number of rotatable bonds is 10. The Morgan fingerprint density at radius 1 is 1.22 bits per heavy atom. The summed E-state index contributed by atoms with van der Waals surface area (Å²) in [6.45, 7) is 2.54. The summed E-state index contributed by atoms with van der Waals surface area (Å²) >= 11 is 0. The molecule has 0 aliphatic rings. The summed E-state index contributed by atoms with van der Waals surface area (Å²) in [5.41, 5.74) is 5.99. The van der Waals surface area contributed by atoms with Crippen LogP contribution in [0.15, 0.2) is 49.2 Å². The lowest BCUT2D eigenvalue weighted by Gasteiger charge is -2.14. The van der Waals surface area contributed by atoms with E-state index in [0.717, 1.165) is 18.2 Å². The van der Waals surface area contributed by atoms with Crippen LogP contribution >= 0.6 is 0 Å². The number of aromatic nitrogens is 3. The first kappa shape index (κ1) is 27.1. The number of aliphatic carboxylic acids is 1. The average molecular weight is 523 g/mol. The summed E-state index contributed by atoms with van der Waals surface area (Å²) in [4.78, 5) is 38.5. The van der Waals surface area contributed by atoms with E-state index in [2.05, 4.69) is 26.7 Å². The number of benzene rings is 1. The van der Waals surface area contributed by atoms with Gasteiger partial charge in [0.05, 0.1) is 23.3 Å². The largest absolute Gasteiger partial charge is 0.573 e. The van der Waals surface area contributed by atoms with E-state index in [1.165, 1.54) is 29.1 Å². The van der Waals surface area contributed by atoms with Gasteiger partial charge in [0.2, 0.25) is 11.9 Å². The highest BCUT2D eigenvalue weighted by Crippen LogP contribution is 2.30. The first-order chi connectivity index (χ1) is 17.4. The van der Waals surface area contributed by atoms with Crippen LogP contribution in [0.25, 0.3) is 16.7 Å². The third-order valence-corrected chi connectivity index (χ3v) is 4.87. The van der Waals surface area contributed by atoms with Crippen LogP contribution in [0.4, 0.5) is 13.2 Å². The van der Waals surface area contributed by atoms with Crippen molar-refractivity contribution in [3.05, 3.63) is 60.4 Å².